The third-order valence-electron chi connectivity index (χ3n) is 4.98. The van der Waals surface area contributed by atoms with Crippen LogP contribution >= 0.6 is 0 Å². The van der Waals surface area contributed by atoms with Crippen LogP contribution in [0.2, 0.25) is 0 Å². The zero-order valence-corrected chi connectivity index (χ0v) is 16.4. The standard InChI is InChI=1S/C22H22FN5O/c1-14-5-10-19-18(12-14)21(27-25-19)22(29)28(2)11-3-4-17-13-20(26-24-17)15-6-8-16(23)9-7-15/h5-10,12-13H,3-4,11H2,1-2H3,(H,24,26)(H,25,27). The lowest BCUT2D eigenvalue weighted by atomic mass is 10.1. The van der Waals surface area contributed by atoms with Gasteiger partial charge in [-0.25, -0.2) is 4.39 Å². The molecule has 2 aromatic heterocycles. The van der Waals surface area contributed by atoms with Crippen LogP contribution in [0.3, 0.4) is 0 Å². The number of carbonyl (C=O) groups is 1. The fourth-order valence-electron chi connectivity index (χ4n) is 3.34. The van der Waals surface area contributed by atoms with Crippen molar-refractivity contribution in [2.75, 3.05) is 13.6 Å². The molecule has 4 aromatic rings. The highest BCUT2D eigenvalue weighted by Gasteiger charge is 2.18. The first-order valence-corrected chi connectivity index (χ1v) is 9.51. The Kier molecular flexibility index (Phi) is 5.12. The number of hydrogen-bond acceptors (Lipinski definition) is 3. The van der Waals surface area contributed by atoms with Crippen LogP contribution in [0, 0.1) is 12.7 Å². The quantitative estimate of drug-likeness (QED) is 0.519. The van der Waals surface area contributed by atoms with Crippen molar-refractivity contribution < 1.29 is 9.18 Å². The Hall–Kier alpha value is -3.48. The zero-order chi connectivity index (χ0) is 20.4. The summed E-state index contributed by atoms with van der Waals surface area (Å²) in [6.45, 7) is 2.60. The number of H-pyrrole nitrogens is 2. The van der Waals surface area contributed by atoms with Crippen LogP contribution in [0.4, 0.5) is 4.39 Å². The van der Waals surface area contributed by atoms with Gasteiger partial charge in [0, 0.05) is 30.2 Å². The summed E-state index contributed by atoms with van der Waals surface area (Å²) >= 11 is 0. The minimum absolute atomic E-state index is 0.0986. The number of amides is 1. The zero-order valence-electron chi connectivity index (χ0n) is 16.4. The highest BCUT2D eigenvalue weighted by atomic mass is 19.1. The number of nitrogens with zero attached hydrogens (tertiary/aromatic N) is 3. The van der Waals surface area contributed by atoms with E-state index in [4.69, 9.17) is 0 Å². The highest BCUT2D eigenvalue weighted by Crippen LogP contribution is 2.20. The molecule has 6 nitrogen and oxygen atoms in total. The van der Waals surface area contributed by atoms with E-state index >= 15 is 0 Å². The first kappa shape index (κ1) is 18.9. The lowest BCUT2D eigenvalue weighted by Gasteiger charge is -2.15. The summed E-state index contributed by atoms with van der Waals surface area (Å²) in [6.07, 6.45) is 1.54. The molecular weight excluding hydrogens is 369 g/mol. The van der Waals surface area contributed by atoms with Gasteiger partial charge in [-0.2, -0.15) is 10.2 Å². The summed E-state index contributed by atoms with van der Waals surface area (Å²) in [4.78, 5) is 14.5. The van der Waals surface area contributed by atoms with E-state index in [2.05, 4.69) is 20.4 Å². The van der Waals surface area contributed by atoms with Crippen LogP contribution in [0.15, 0.2) is 48.5 Å². The van der Waals surface area contributed by atoms with Crippen molar-refractivity contribution in [3.8, 4) is 11.3 Å². The van der Waals surface area contributed by atoms with Crippen LogP contribution in [-0.2, 0) is 6.42 Å². The van der Waals surface area contributed by atoms with Gasteiger partial charge in [0.2, 0.25) is 0 Å². The molecule has 4 rings (SSSR count). The second kappa shape index (κ2) is 7.87. The van der Waals surface area contributed by atoms with Crippen molar-refractivity contribution in [1.82, 2.24) is 25.3 Å². The number of aryl methyl sites for hydroxylation is 2. The normalized spacial score (nSPS) is 11.1. The molecule has 7 heteroatoms. The Balaban J connectivity index is 1.36. The van der Waals surface area contributed by atoms with Crippen molar-refractivity contribution in [2.24, 2.45) is 0 Å². The average Bonchev–Trinajstić information content (AvgIpc) is 3.35. The van der Waals surface area contributed by atoms with Crippen molar-refractivity contribution in [1.29, 1.82) is 0 Å². The first-order valence-electron chi connectivity index (χ1n) is 9.51. The molecule has 0 saturated heterocycles. The summed E-state index contributed by atoms with van der Waals surface area (Å²) in [5.74, 6) is -0.365. The topological polar surface area (TPSA) is 77.7 Å². The SMILES string of the molecule is Cc1ccc2[nH]nc(C(=O)N(C)CCCc3cc(-c4ccc(F)cc4)n[nH]3)c2c1. The van der Waals surface area contributed by atoms with Gasteiger partial charge in [-0.3, -0.25) is 15.0 Å². The molecule has 0 fully saturated rings. The molecule has 0 saturated carbocycles. The van der Waals surface area contributed by atoms with Gasteiger partial charge in [-0.15, -0.1) is 0 Å². The highest BCUT2D eigenvalue weighted by molar-refractivity contribution is 6.04. The largest absolute Gasteiger partial charge is 0.340 e. The summed E-state index contributed by atoms with van der Waals surface area (Å²) in [6, 6.07) is 14.1. The van der Waals surface area contributed by atoms with Crippen LogP contribution in [-0.4, -0.2) is 44.8 Å². The van der Waals surface area contributed by atoms with Gasteiger partial charge in [0.15, 0.2) is 5.69 Å². The number of hydrogen-bond donors (Lipinski definition) is 2. The number of rotatable bonds is 6. The number of aromatic amines is 2. The Bertz CT molecular complexity index is 1150. The van der Waals surface area contributed by atoms with Crippen molar-refractivity contribution in [3.63, 3.8) is 0 Å². The molecule has 2 heterocycles. The van der Waals surface area contributed by atoms with E-state index in [0.29, 0.717) is 12.2 Å². The smallest absolute Gasteiger partial charge is 0.274 e. The number of benzene rings is 2. The molecule has 148 valence electrons. The van der Waals surface area contributed by atoms with Gasteiger partial charge in [-0.05, 0) is 62.2 Å². The summed E-state index contributed by atoms with van der Waals surface area (Å²) in [5.41, 5.74) is 5.02. The average molecular weight is 391 g/mol. The molecule has 0 aliphatic rings. The molecule has 0 bridgehead atoms. The van der Waals surface area contributed by atoms with E-state index in [1.165, 1.54) is 12.1 Å². The monoisotopic (exact) mass is 391 g/mol. The second-order valence-corrected chi connectivity index (χ2v) is 7.24. The van der Waals surface area contributed by atoms with Crippen LogP contribution < -0.4 is 0 Å². The molecule has 2 aromatic carbocycles. The van der Waals surface area contributed by atoms with Gasteiger partial charge in [-0.1, -0.05) is 11.6 Å². The van der Waals surface area contributed by atoms with Crippen molar-refractivity contribution >= 4 is 16.8 Å². The molecular formula is C22H22FN5O. The number of nitrogens with one attached hydrogen (secondary N) is 2. The van der Waals surface area contributed by atoms with E-state index in [1.54, 1.807) is 24.1 Å². The van der Waals surface area contributed by atoms with Crippen LogP contribution in [0.5, 0.6) is 0 Å². The number of aromatic nitrogens is 4. The lowest BCUT2D eigenvalue weighted by Crippen LogP contribution is -2.28. The van der Waals surface area contributed by atoms with Gasteiger partial charge in [0.05, 0.1) is 11.2 Å². The fraction of sp³-hybridized carbons (Fsp3) is 0.227. The summed E-state index contributed by atoms with van der Waals surface area (Å²) in [7, 11) is 1.79. The number of fused-ring (bicyclic) bond motifs is 1. The maximum absolute atomic E-state index is 13.1. The predicted octanol–water partition coefficient (Wildman–Crippen LogP) is 4.11. The molecule has 2 N–H and O–H groups in total. The van der Waals surface area contributed by atoms with Crippen molar-refractivity contribution in [3.05, 3.63) is 71.3 Å². The molecule has 0 spiro atoms. The number of carbonyl (C=O) groups excluding carboxylic acids is 1. The Morgan fingerprint density at radius 2 is 1.86 bits per heavy atom. The van der Waals surface area contributed by atoms with E-state index in [1.807, 2.05) is 31.2 Å². The second-order valence-electron chi connectivity index (χ2n) is 7.24. The molecule has 0 unspecified atom stereocenters. The molecule has 0 aliphatic heterocycles. The van der Waals surface area contributed by atoms with Crippen molar-refractivity contribution in [2.45, 2.75) is 19.8 Å². The number of halogens is 1. The Morgan fingerprint density at radius 3 is 2.66 bits per heavy atom. The Labute approximate surface area is 167 Å². The summed E-state index contributed by atoms with van der Waals surface area (Å²) in [5, 5.41) is 15.3. The molecule has 0 aliphatic carbocycles. The van der Waals surface area contributed by atoms with E-state index in [9.17, 15) is 9.18 Å². The van der Waals surface area contributed by atoms with E-state index < -0.39 is 0 Å². The van der Waals surface area contributed by atoms with Gasteiger partial charge in [0.1, 0.15) is 5.82 Å². The van der Waals surface area contributed by atoms with E-state index in [-0.39, 0.29) is 11.7 Å². The molecule has 29 heavy (non-hydrogen) atoms. The molecule has 0 radical (unpaired) electrons. The summed E-state index contributed by atoms with van der Waals surface area (Å²) < 4.78 is 13.1. The van der Waals surface area contributed by atoms with Gasteiger partial charge < -0.3 is 4.90 Å². The fourth-order valence-corrected chi connectivity index (χ4v) is 3.34. The molecule has 1 amide bonds. The van der Waals surface area contributed by atoms with Gasteiger partial charge in [0.25, 0.3) is 5.91 Å². The van der Waals surface area contributed by atoms with Gasteiger partial charge >= 0.3 is 0 Å². The minimum Gasteiger partial charge on any atom is -0.340 e. The van der Waals surface area contributed by atoms with E-state index in [0.717, 1.165) is 46.3 Å². The van der Waals surface area contributed by atoms with Crippen LogP contribution in [0.1, 0.15) is 28.2 Å². The lowest BCUT2D eigenvalue weighted by molar-refractivity contribution is 0.0789. The Morgan fingerprint density at radius 1 is 1.07 bits per heavy atom. The third-order valence-corrected chi connectivity index (χ3v) is 4.98. The maximum atomic E-state index is 13.1. The predicted molar refractivity (Wildman–Crippen MR) is 110 cm³/mol. The third kappa shape index (κ3) is 4.03. The molecule has 0 atom stereocenters. The minimum atomic E-state index is -0.267. The first-order chi connectivity index (χ1) is 14.0. The van der Waals surface area contributed by atoms with Crippen LogP contribution in [0.25, 0.3) is 22.2 Å². The maximum Gasteiger partial charge on any atom is 0.274 e.